The zero-order chi connectivity index (χ0) is 50.7. The van der Waals surface area contributed by atoms with Crippen LogP contribution in [0.2, 0.25) is 0 Å². The second-order valence-electron chi connectivity index (χ2n) is 21.3. The first-order valence-corrected chi connectivity index (χ1v) is 31.3. The summed E-state index contributed by atoms with van der Waals surface area (Å²) in [4.78, 5) is 37.8. The molecule has 0 rings (SSSR count). The molecule has 0 aliphatic heterocycles. The van der Waals surface area contributed by atoms with Gasteiger partial charge >= 0.3 is 17.9 Å². The molecule has 0 aromatic carbocycles. The first-order chi connectivity index (χ1) is 34.5. The van der Waals surface area contributed by atoms with Gasteiger partial charge in [0.05, 0.1) is 0 Å². The maximum atomic E-state index is 12.8. The lowest BCUT2D eigenvalue weighted by atomic mass is 10.0. The van der Waals surface area contributed by atoms with E-state index in [9.17, 15) is 14.4 Å². The Morgan fingerprint density at radius 1 is 0.286 bits per heavy atom. The molecule has 412 valence electrons. The second-order valence-corrected chi connectivity index (χ2v) is 21.3. The van der Waals surface area contributed by atoms with Crippen LogP contribution in [0.5, 0.6) is 0 Å². The van der Waals surface area contributed by atoms with Gasteiger partial charge in [-0.05, 0) is 51.4 Å². The van der Waals surface area contributed by atoms with E-state index in [0.29, 0.717) is 19.3 Å². The van der Waals surface area contributed by atoms with E-state index >= 15 is 0 Å². The van der Waals surface area contributed by atoms with Gasteiger partial charge in [-0.3, -0.25) is 14.4 Å². The highest BCUT2D eigenvalue weighted by atomic mass is 16.6. The third-order valence-electron chi connectivity index (χ3n) is 14.2. The Bertz CT molecular complexity index is 1130. The fourth-order valence-corrected chi connectivity index (χ4v) is 9.48. The second kappa shape index (κ2) is 59.5. The average Bonchev–Trinajstić information content (AvgIpc) is 3.36. The molecule has 0 aromatic heterocycles. The Morgan fingerprint density at radius 3 is 0.786 bits per heavy atom. The summed E-state index contributed by atoms with van der Waals surface area (Å²) in [5.41, 5.74) is 0. The van der Waals surface area contributed by atoms with E-state index in [0.717, 1.165) is 70.6 Å². The van der Waals surface area contributed by atoms with Crippen molar-refractivity contribution < 1.29 is 28.6 Å². The molecular weight excluding hydrogens is 865 g/mol. The summed E-state index contributed by atoms with van der Waals surface area (Å²) in [5.74, 6) is -0.858. The van der Waals surface area contributed by atoms with Gasteiger partial charge in [-0.1, -0.05) is 302 Å². The van der Waals surface area contributed by atoms with Crippen LogP contribution in [0.3, 0.4) is 0 Å². The van der Waals surface area contributed by atoms with Crippen LogP contribution in [-0.2, 0) is 28.6 Å². The van der Waals surface area contributed by atoms with Gasteiger partial charge in [-0.2, -0.15) is 0 Å². The standard InChI is InChI=1S/C64H120O6/c1-4-7-10-13-15-17-19-21-23-24-25-26-27-28-29-30-31-32-33-34-35-36-37-38-39-40-41-43-44-46-48-51-54-57-63(66)69-60-61(59-68-62(65)56-53-50-12-9-6-3)70-64(67)58-55-52-49-47-45-42-22-20-18-16-14-11-8-5-2/h19,21,24-25,61H,4-18,20,22-23,26-60H2,1-3H3/b21-19-,25-24-. The maximum absolute atomic E-state index is 12.8. The van der Waals surface area contributed by atoms with Crippen LogP contribution in [0.4, 0.5) is 0 Å². The summed E-state index contributed by atoms with van der Waals surface area (Å²) >= 11 is 0. The molecular formula is C64H120O6. The normalized spacial score (nSPS) is 12.1. The molecule has 0 heterocycles. The number of esters is 3. The van der Waals surface area contributed by atoms with Gasteiger partial charge in [0, 0.05) is 19.3 Å². The van der Waals surface area contributed by atoms with Crippen LogP contribution >= 0.6 is 0 Å². The molecule has 6 heteroatoms. The molecule has 0 fully saturated rings. The van der Waals surface area contributed by atoms with E-state index in [2.05, 4.69) is 45.1 Å². The topological polar surface area (TPSA) is 78.9 Å². The minimum absolute atomic E-state index is 0.0652. The SMILES string of the molecule is CCCCCCC/C=C\C/C=C\CCCCCCCCCCCCCCCCCCCCCCCC(=O)OCC(COC(=O)CCCCCCC)OC(=O)CCCCCCCCCCCCCCCC. The molecule has 0 aromatic rings. The number of carbonyl (C=O) groups excluding carboxylic acids is 3. The number of allylic oxidation sites excluding steroid dienone is 4. The highest BCUT2D eigenvalue weighted by Gasteiger charge is 2.19. The van der Waals surface area contributed by atoms with Crippen molar-refractivity contribution in [2.45, 2.75) is 354 Å². The number of unbranched alkanes of at least 4 members (excludes halogenated alkanes) is 43. The Morgan fingerprint density at radius 2 is 0.514 bits per heavy atom. The Hall–Kier alpha value is -2.11. The maximum Gasteiger partial charge on any atom is 0.306 e. The zero-order valence-corrected chi connectivity index (χ0v) is 47.3. The minimum Gasteiger partial charge on any atom is -0.462 e. The van der Waals surface area contributed by atoms with Crippen molar-refractivity contribution in [3.63, 3.8) is 0 Å². The Kier molecular flexibility index (Phi) is 57.7. The van der Waals surface area contributed by atoms with Crippen molar-refractivity contribution in [1.29, 1.82) is 0 Å². The summed E-state index contributed by atoms with van der Waals surface area (Å²) in [6.45, 7) is 6.59. The predicted octanol–water partition coefficient (Wildman–Crippen LogP) is 21.1. The monoisotopic (exact) mass is 985 g/mol. The molecule has 1 unspecified atom stereocenters. The van der Waals surface area contributed by atoms with E-state index in [1.54, 1.807) is 0 Å². The molecule has 0 spiro atoms. The van der Waals surface area contributed by atoms with Gasteiger partial charge in [-0.25, -0.2) is 0 Å². The van der Waals surface area contributed by atoms with Gasteiger partial charge in [0.2, 0.25) is 0 Å². The van der Waals surface area contributed by atoms with Crippen LogP contribution in [0.25, 0.3) is 0 Å². The summed E-state index contributed by atoms with van der Waals surface area (Å²) < 4.78 is 16.7. The smallest absolute Gasteiger partial charge is 0.306 e. The third-order valence-corrected chi connectivity index (χ3v) is 14.2. The molecule has 0 N–H and O–H groups in total. The first-order valence-electron chi connectivity index (χ1n) is 31.3. The molecule has 0 amide bonds. The van der Waals surface area contributed by atoms with Gasteiger partial charge in [-0.15, -0.1) is 0 Å². The summed E-state index contributed by atoms with van der Waals surface area (Å²) in [7, 11) is 0. The third kappa shape index (κ3) is 56.8. The van der Waals surface area contributed by atoms with Gasteiger partial charge < -0.3 is 14.2 Å². The quantitative estimate of drug-likeness (QED) is 0.0261. The molecule has 0 aliphatic carbocycles. The fraction of sp³-hybridized carbons (Fsp3) is 0.891. The lowest BCUT2D eigenvalue weighted by Crippen LogP contribution is -2.30. The summed E-state index contributed by atoms with van der Waals surface area (Å²) in [6.07, 6.45) is 71.1. The van der Waals surface area contributed by atoms with E-state index < -0.39 is 6.10 Å². The van der Waals surface area contributed by atoms with E-state index in [4.69, 9.17) is 14.2 Å². The van der Waals surface area contributed by atoms with Crippen LogP contribution in [0.15, 0.2) is 24.3 Å². The van der Waals surface area contributed by atoms with Crippen LogP contribution in [0.1, 0.15) is 348 Å². The minimum atomic E-state index is -0.761. The van der Waals surface area contributed by atoms with E-state index in [-0.39, 0.29) is 31.1 Å². The summed E-state index contributed by atoms with van der Waals surface area (Å²) in [5, 5.41) is 0. The van der Waals surface area contributed by atoms with E-state index in [1.165, 1.54) is 238 Å². The van der Waals surface area contributed by atoms with Gasteiger partial charge in [0.15, 0.2) is 6.10 Å². The molecule has 0 bridgehead atoms. The van der Waals surface area contributed by atoms with E-state index in [1.807, 2.05) is 0 Å². The number of hydrogen-bond donors (Lipinski definition) is 0. The number of hydrogen-bond acceptors (Lipinski definition) is 6. The number of carbonyl (C=O) groups is 3. The zero-order valence-electron chi connectivity index (χ0n) is 47.3. The average molecular weight is 986 g/mol. The first kappa shape index (κ1) is 67.9. The fourth-order valence-electron chi connectivity index (χ4n) is 9.48. The van der Waals surface area contributed by atoms with Crippen molar-refractivity contribution in [3.05, 3.63) is 24.3 Å². The molecule has 0 saturated heterocycles. The lowest BCUT2D eigenvalue weighted by molar-refractivity contribution is -0.167. The highest BCUT2D eigenvalue weighted by molar-refractivity contribution is 5.71. The Balaban J connectivity index is 3.86. The Labute approximate surface area is 436 Å². The van der Waals surface area contributed by atoms with Gasteiger partial charge in [0.25, 0.3) is 0 Å². The van der Waals surface area contributed by atoms with Crippen molar-refractivity contribution >= 4 is 17.9 Å². The molecule has 70 heavy (non-hydrogen) atoms. The van der Waals surface area contributed by atoms with Crippen molar-refractivity contribution in [1.82, 2.24) is 0 Å². The van der Waals surface area contributed by atoms with Crippen LogP contribution in [-0.4, -0.2) is 37.2 Å². The molecule has 6 nitrogen and oxygen atoms in total. The lowest BCUT2D eigenvalue weighted by Gasteiger charge is -2.18. The number of rotatable bonds is 58. The number of ether oxygens (including phenoxy) is 3. The summed E-state index contributed by atoms with van der Waals surface area (Å²) in [6, 6.07) is 0. The van der Waals surface area contributed by atoms with Gasteiger partial charge in [0.1, 0.15) is 13.2 Å². The van der Waals surface area contributed by atoms with Crippen LogP contribution in [0, 0.1) is 0 Å². The largest absolute Gasteiger partial charge is 0.462 e. The highest BCUT2D eigenvalue weighted by Crippen LogP contribution is 2.18. The van der Waals surface area contributed by atoms with Crippen molar-refractivity contribution in [3.8, 4) is 0 Å². The van der Waals surface area contributed by atoms with Crippen LogP contribution < -0.4 is 0 Å². The van der Waals surface area contributed by atoms with Crippen molar-refractivity contribution in [2.75, 3.05) is 13.2 Å². The van der Waals surface area contributed by atoms with Crippen molar-refractivity contribution in [2.24, 2.45) is 0 Å². The molecule has 1 atom stereocenters. The molecule has 0 saturated carbocycles. The predicted molar refractivity (Wildman–Crippen MR) is 303 cm³/mol. The molecule has 0 aliphatic rings. The molecule has 0 radical (unpaired) electrons.